The molecular weight excluding hydrogens is 258 g/mol. The number of rotatable bonds is 2. The van der Waals surface area contributed by atoms with Crippen LogP contribution in [0.3, 0.4) is 0 Å². The Kier molecular flexibility index (Phi) is 2.68. The van der Waals surface area contributed by atoms with Gasteiger partial charge in [-0.3, -0.25) is 0 Å². The molecule has 2 heteroatoms. The van der Waals surface area contributed by atoms with Crippen LogP contribution in [0.1, 0.15) is 5.56 Å². The number of fused-ring (bicyclic) bond motifs is 3. The van der Waals surface area contributed by atoms with E-state index >= 15 is 0 Å². The maximum atomic E-state index is 5.85. The third-order valence-electron chi connectivity index (χ3n) is 3.72. The molecule has 0 spiro atoms. The van der Waals surface area contributed by atoms with E-state index in [0.29, 0.717) is 0 Å². The van der Waals surface area contributed by atoms with Crippen LogP contribution in [0, 0.1) is 6.92 Å². The van der Waals surface area contributed by atoms with E-state index in [1.165, 1.54) is 5.56 Å². The number of para-hydroxylation sites is 1. The number of hydrogen-bond donors (Lipinski definition) is 1. The minimum atomic E-state index is 0.922. The number of aryl methyl sites for hydroxylation is 1. The number of anilines is 2. The second kappa shape index (κ2) is 4.67. The summed E-state index contributed by atoms with van der Waals surface area (Å²) in [5, 5.41) is 5.73. The van der Waals surface area contributed by atoms with Crippen LogP contribution >= 0.6 is 0 Å². The predicted octanol–water partition coefficient (Wildman–Crippen LogP) is 5.64. The van der Waals surface area contributed by atoms with Gasteiger partial charge in [-0.15, -0.1) is 0 Å². The highest BCUT2D eigenvalue weighted by Crippen LogP contribution is 2.31. The summed E-state index contributed by atoms with van der Waals surface area (Å²) < 4.78 is 5.85. The lowest BCUT2D eigenvalue weighted by Gasteiger charge is -2.06. The van der Waals surface area contributed by atoms with Crippen LogP contribution in [0.25, 0.3) is 21.9 Å². The fraction of sp³-hybridized carbons (Fsp3) is 0.0526. The van der Waals surface area contributed by atoms with Gasteiger partial charge in [0.1, 0.15) is 11.2 Å². The van der Waals surface area contributed by atoms with E-state index in [1.807, 2.05) is 30.3 Å². The summed E-state index contributed by atoms with van der Waals surface area (Å²) in [6, 6.07) is 22.7. The van der Waals surface area contributed by atoms with Crippen molar-refractivity contribution in [1.82, 2.24) is 0 Å². The van der Waals surface area contributed by atoms with Gasteiger partial charge in [0.05, 0.1) is 0 Å². The molecule has 0 aliphatic heterocycles. The second-order valence-electron chi connectivity index (χ2n) is 5.30. The smallest absolute Gasteiger partial charge is 0.135 e. The lowest BCUT2D eigenvalue weighted by atomic mass is 10.1. The van der Waals surface area contributed by atoms with Gasteiger partial charge >= 0.3 is 0 Å². The highest BCUT2D eigenvalue weighted by atomic mass is 16.3. The zero-order chi connectivity index (χ0) is 14.2. The normalized spacial score (nSPS) is 11.1. The van der Waals surface area contributed by atoms with Crippen LogP contribution in [-0.2, 0) is 0 Å². The SMILES string of the molecule is Cc1ccc(Nc2ccc3oc4ccccc4c3c2)cc1. The van der Waals surface area contributed by atoms with Gasteiger partial charge in [0.2, 0.25) is 0 Å². The summed E-state index contributed by atoms with van der Waals surface area (Å²) in [4.78, 5) is 0. The molecular formula is C19H15NO. The van der Waals surface area contributed by atoms with Crippen molar-refractivity contribution in [2.75, 3.05) is 5.32 Å². The minimum Gasteiger partial charge on any atom is -0.456 e. The molecule has 102 valence electrons. The van der Waals surface area contributed by atoms with Crippen molar-refractivity contribution in [2.24, 2.45) is 0 Å². The summed E-state index contributed by atoms with van der Waals surface area (Å²) in [7, 11) is 0. The Balaban J connectivity index is 1.79. The molecule has 1 aromatic heterocycles. The molecule has 0 amide bonds. The number of furan rings is 1. The molecule has 21 heavy (non-hydrogen) atoms. The average molecular weight is 273 g/mol. The Morgan fingerprint density at radius 3 is 2.29 bits per heavy atom. The molecule has 0 saturated heterocycles. The van der Waals surface area contributed by atoms with Gasteiger partial charge in [0.25, 0.3) is 0 Å². The van der Waals surface area contributed by atoms with E-state index in [0.717, 1.165) is 33.3 Å². The fourth-order valence-electron chi connectivity index (χ4n) is 2.61. The Morgan fingerprint density at radius 2 is 1.43 bits per heavy atom. The van der Waals surface area contributed by atoms with Gasteiger partial charge < -0.3 is 9.73 Å². The monoisotopic (exact) mass is 273 g/mol. The molecule has 4 rings (SSSR count). The zero-order valence-corrected chi connectivity index (χ0v) is 11.8. The van der Waals surface area contributed by atoms with Crippen molar-refractivity contribution >= 4 is 33.3 Å². The Bertz CT molecular complexity index is 919. The first-order valence-corrected chi connectivity index (χ1v) is 7.04. The van der Waals surface area contributed by atoms with Crippen LogP contribution < -0.4 is 5.32 Å². The maximum Gasteiger partial charge on any atom is 0.135 e. The summed E-state index contributed by atoms with van der Waals surface area (Å²) in [5.41, 5.74) is 5.27. The van der Waals surface area contributed by atoms with Crippen LogP contribution in [0.5, 0.6) is 0 Å². The molecule has 1 heterocycles. The fourth-order valence-corrected chi connectivity index (χ4v) is 2.61. The number of hydrogen-bond acceptors (Lipinski definition) is 2. The molecule has 1 N–H and O–H groups in total. The Morgan fingerprint density at radius 1 is 0.714 bits per heavy atom. The van der Waals surface area contributed by atoms with E-state index in [4.69, 9.17) is 4.42 Å². The van der Waals surface area contributed by atoms with Crippen molar-refractivity contribution in [3.05, 3.63) is 72.3 Å². The first-order valence-electron chi connectivity index (χ1n) is 7.04. The molecule has 0 aliphatic carbocycles. The molecule has 0 bridgehead atoms. The topological polar surface area (TPSA) is 25.2 Å². The lowest BCUT2D eigenvalue weighted by Crippen LogP contribution is -1.89. The van der Waals surface area contributed by atoms with E-state index in [9.17, 15) is 0 Å². The van der Waals surface area contributed by atoms with Crippen molar-refractivity contribution in [3.8, 4) is 0 Å². The Labute approximate surface area is 123 Å². The molecule has 0 aliphatic rings. The maximum absolute atomic E-state index is 5.85. The van der Waals surface area contributed by atoms with Crippen LogP contribution in [-0.4, -0.2) is 0 Å². The average Bonchev–Trinajstić information content (AvgIpc) is 2.88. The van der Waals surface area contributed by atoms with Crippen molar-refractivity contribution < 1.29 is 4.42 Å². The quantitative estimate of drug-likeness (QED) is 0.511. The van der Waals surface area contributed by atoms with Crippen molar-refractivity contribution in [1.29, 1.82) is 0 Å². The molecule has 0 fully saturated rings. The third-order valence-corrected chi connectivity index (χ3v) is 3.72. The molecule has 3 aromatic carbocycles. The molecule has 0 atom stereocenters. The predicted molar refractivity (Wildman–Crippen MR) is 88.2 cm³/mol. The van der Waals surface area contributed by atoms with Crippen molar-refractivity contribution in [2.45, 2.75) is 6.92 Å². The first kappa shape index (κ1) is 12.0. The van der Waals surface area contributed by atoms with Crippen LogP contribution in [0.4, 0.5) is 11.4 Å². The van der Waals surface area contributed by atoms with E-state index < -0.39 is 0 Å². The molecule has 0 saturated carbocycles. The standard InChI is InChI=1S/C19H15NO/c1-13-6-8-14(9-7-13)20-15-10-11-19-17(12-15)16-4-2-3-5-18(16)21-19/h2-12,20H,1H3. The van der Waals surface area contributed by atoms with Gasteiger partial charge in [-0.1, -0.05) is 35.9 Å². The largest absolute Gasteiger partial charge is 0.456 e. The highest BCUT2D eigenvalue weighted by molar-refractivity contribution is 6.06. The van der Waals surface area contributed by atoms with Gasteiger partial charge in [-0.05, 0) is 43.3 Å². The van der Waals surface area contributed by atoms with Crippen LogP contribution in [0.15, 0.2) is 71.1 Å². The molecule has 4 aromatic rings. The highest BCUT2D eigenvalue weighted by Gasteiger charge is 2.06. The van der Waals surface area contributed by atoms with Crippen LogP contribution in [0.2, 0.25) is 0 Å². The molecule has 2 nitrogen and oxygen atoms in total. The third kappa shape index (κ3) is 2.15. The molecule has 0 unspecified atom stereocenters. The number of nitrogens with one attached hydrogen (secondary N) is 1. The van der Waals surface area contributed by atoms with Gasteiger partial charge in [-0.25, -0.2) is 0 Å². The molecule has 0 radical (unpaired) electrons. The van der Waals surface area contributed by atoms with Gasteiger partial charge in [0, 0.05) is 22.1 Å². The Hall–Kier alpha value is -2.74. The van der Waals surface area contributed by atoms with Gasteiger partial charge in [-0.2, -0.15) is 0 Å². The van der Waals surface area contributed by atoms with Gasteiger partial charge in [0.15, 0.2) is 0 Å². The van der Waals surface area contributed by atoms with E-state index in [-0.39, 0.29) is 0 Å². The second-order valence-corrected chi connectivity index (χ2v) is 5.30. The number of benzene rings is 3. The van der Waals surface area contributed by atoms with Crippen molar-refractivity contribution in [3.63, 3.8) is 0 Å². The summed E-state index contributed by atoms with van der Waals surface area (Å²) >= 11 is 0. The lowest BCUT2D eigenvalue weighted by molar-refractivity contribution is 0.669. The summed E-state index contributed by atoms with van der Waals surface area (Å²) in [6.07, 6.45) is 0. The summed E-state index contributed by atoms with van der Waals surface area (Å²) in [5.74, 6) is 0. The summed E-state index contributed by atoms with van der Waals surface area (Å²) in [6.45, 7) is 2.09. The first-order chi connectivity index (χ1) is 10.3. The minimum absolute atomic E-state index is 0.922. The van der Waals surface area contributed by atoms with E-state index in [2.05, 4.69) is 48.6 Å². The van der Waals surface area contributed by atoms with E-state index in [1.54, 1.807) is 0 Å². The zero-order valence-electron chi connectivity index (χ0n) is 11.8.